The first-order chi connectivity index (χ1) is 13.1. The summed E-state index contributed by atoms with van der Waals surface area (Å²) in [5.41, 5.74) is 1.55. The minimum Gasteiger partial charge on any atom is -0.508 e. The Labute approximate surface area is 154 Å². The van der Waals surface area contributed by atoms with Crippen molar-refractivity contribution in [3.8, 4) is 28.6 Å². The lowest BCUT2D eigenvalue weighted by Crippen LogP contribution is -2.08. The molecule has 0 unspecified atom stereocenters. The first kappa shape index (κ1) is 16.6. The molecule has 0 aliphatic rings. The molecular weight excluding hydrogens is 344 g/mol. The van der Waals surface area contributed by atoms with Crippen LogP contribution >= 0.6 is 0 Å². The second-order valence-electron chi connectivity index (χ2n) is 5.96. The highest BCUT2D eigenvalue weighted by Crippen LogP contribution is 2.34. The lowest BCUT2D eigenvalue weighted by molar-refractivity contribution is 0.0737. The summed E-state index contributed by atoms with van der Waals surface area (Å²) in [6.07, 6.45) is 0. The van der Waals surface area contributed by atoms with Crippen LogP contribution in [0.5, 0.6) is 17.2 Å². The molecule has 0 radical (unpaired) electrons. The quantitative estimate of drug-likeness (QED) is 0.305. The molecule has 2 N–H and O–H groups in total. The Morgan fingerprint density at radius 3 is 2.30 bits per heavy atom. The Morgan fingerprint density at radius 2 is 1.56 bits per heavy atom. The molecule has 3 aromatic carbocycles. The fourth-order valence-corrected chi connectivity index (χ4v) is 2.75. The van der Waals surface area contributed by atoms with Gasteiger partial charge in [0, 0.05) is 12.1 Å². The summed E-state index contributed by atoms with van der Waals surface area (Å²) < 4.78 is 11.3. The van der Waals surface area contributed by atoms with Crippen LogP contribution in [0.3, 0.4) is 0 Å². The predicted octanol–water partition coefficient (Wildman–Crippen LogP) is 5.01. The zero-order valence-electron chi connectivity index (χ0n) is 14.1. The van der Waals surface area contributed by atoms with Crippen molar-refractivity contribution in [1.82, 2.24) is 0 Å². The molecule has 5 nitrogen and oxygen atoms in total. The molecular formula is C22H15O5+. The van der Waals surface area contributed by atoms with Gasteiger partial charge in [-0.15, -0.1) is 0 Å². The van der Waals surface area contributed by atoms with E-state index in [2.05, 4.69) is 0 Å². The Hall–Kier alpha value is -3.86. The summed E-state index contributed by atoms with van der Waals surface area (Å²) in [6, 6.07) is 21.5. The SMILES string of the molecule is O=C(Oc1cc(O)cc2[o+]c(-c3ccc(O)cc3)ccc12)c1ccccc1. The van der Waals surface area contributed by atoms with Gasteiger partial charge in [-0.2, -0.15) is 0 Å². The smallest absolute Gasteiger partial charge is 0.368 e. The van der Waals surface area contributed by atoms with Crippen molar-refractivity contribution in [1.29, 1.82) is 0 Å². The third-order valence-electron chi connectivity index (χ3n) is 4.07. The van der Waals surface area contributed by atoms with Gasteiger partial charge in [-0.25, -0.2) is 9.21 Å². The van der Waals surface area contributed by atoms with Crippen LogP contribution in [0.25, 0.3) is 22.3 Å². The number of rotatable bonds is 3. The van der Waals surface area contributed by atoms with Gasteiger partial charge in [0.15, 0.2) is 5.75 Å². The molecule has 0 amide bonds. The molecule has 4 aromatic rings. The van der Waals surface area contributed by atoms with Crippen LogP contribution in [0.4, 0.5) is 0 Å². The molecule has 5 heteroatoms. The van der Waals surface area contributed by atoms with Crippen LogP contribution in [0.1, 0.15) is 10.4 Å². The maximum atomic E-state index is 12.3. The summed E-state index contributed by atoms with van der Waals surface area (Å²) >= 11 is 0. The normalized spacial score (nSPS) is 10.7. The van der Waals surface area contributed by atoms with Gasteiger partial charge in [0.25, 0.3) is 0 Å². The van der Waals surface area contributed by atoms with E-state index in [1.165, 1.54) is 12.1 Å². The average molecular weight is 359 g/mol. The van der Waals surface area contributed by atoms with E-state index in [0.717, 1.165) is 5.56 Å². The van der Waals surface area contributed by atoms with Gasteiger partial charge in [0.2, 0.25) is 0 Å². The maximum Gasteiger partial charge on any atom is 0.368 e. The average Bonchev–Trinajstić information content (AvgIpc) is 2.68. The first-order valence-electron chi connectivity index (χ1n) is 8.27. The van der Waals surface area contributed by atoms with Gasteiger partial charge in [0.1, 0.15) is 16.9 Å². The number of esters is 1. The van der Waals surface area contributed by atoms with E-state index >= 15 is 0 Å². The van der Waals surface area contributed by atoms with E-state index in [0.29, 0.717) is 22.3 Å². The van der Waals surface area contributed by atoms with E-state index in [1.807, 2.05) is 6.07 Å². The maximum absolute atomic E-state index is 12.3. The van der Waals surface area contributed by atoms with E-state index in [9.17, 15) is 15.0 Å². The van der Waals surface area contributed by atoms with Crippen molar-refractivity contribution in [2.75, 3.05) is 0 Å². The fourth-order valence-electron chi connectivity index (χ4n) is 2.75. The van der Waals surface area contributed by atoms with Crippen LogP contribution in [-0.2, 0) is 0 Å². The number of benzene rings is 3. The van der Waals surface area contributed by atoms with Crippen molar-refractivity contribution in [2.45, 2.75) is 0 Å². The molecule has 0 fully saturated rings. The summed E-state index contributed by atoms with van der Waals surface area (Å²) in [5.74, 6) is 0.315. The van der Waals surface area contributed by atoms with Crippen LogP contribution in [0.2, 0.25) is 0 Å². The standard InChI is InChI=1S/C22H14O5/c23-16-8-6-14(7-9-16)19-11-10-18-20(26-19)12-17(24)13-21(18)27-22(25)15-4-2-1-3-5-15/h1-13H,(H-,23,24)/p+1. The van der Waals surface area contributed by atoms with Crippen molar-refractivity contribution in [2.24, 2.45) is 0 Å². The zero-order valence-corrected chi connectivity index (χ0v) is 14.1. The number of ether oxygens (including phenoxy) is 1. The van der Waals surface area contributed by atoms with Gasteiger partial charge in [-0.1, -0.05) is 18.2 Å². The Morgan fingerprint density at radius 1 is 0.815 bits per heavy atom. The monoisotopic (exact) mass is 359 g/mol. The first-order valence-corrected chi connectivity index (χ1v) is 8.27. The highest BCUT2D eigenvalue weighted by molar-refractivity contribution is 5.95. The van der Waals surface area contributed by atoms with Gasteiger partial charge >= 0.3 is 17.3 Å². The third-order valence-corrected chi connectivity index (χ3v) is 4.07. The van der Waals surface area contributed by atoms with Gasteiger partial charge < -0.3 is 14.9 Å². The van der Waals surface area contributed by atoms with Crippen molar-refractivity contribution in [3.05, 3.63) is 84.4 Å². The van der Waals surface area contributed by atoms with Gasteiger partial charge in [-0.3, -0.25) is 0 Å². The predicted molar refractivity (Wildman–Crippen MR) is 101 cm³/mol. The molecule has 0 spiro atoms. The molecule has 0 aliphatic heterocycles. The van der Waals surface area contributed by atoms with Crippen molar-refractivity contribution >= 4 is 16.9 Å². The lowest BCUT2D eigenvalue weighted by atomic mass is 10.1. The molecule has 0 saturated carbocycles. The van der Waals surface area contributed by atoms with Crippen LogP contribution in [-0.4, -0.2) is 16.2 Å². The topological polar surface area (TPSA) is 78.1 Å². The molecule has 0 bridgehead atoms. The molecule has 1 aromatic heterocycles. The van der Waals surface area contributed by atoms with Crippen LogP contribution in [0, 0.1) is 0 Å². The summed E-state index contributed by atoms with van der Waals surface area (Å²) in [4.78, 5) is 12.3. The Balaban J connectivity index is 1.74. The highest BCUT2D eigenvalue weighted by atomic mass is 16.5. The van der Waals surface area contributed by atoms with Gasteiger partial charge in [0.05, 0.1) is 17.2 Å². The second-order valence-corrected chi connectivity index (χ2v) is 5.96. The molecule has 27 heavy (non-hydrogen) atoms. The van der Waals surface area contributed by atoms with E-state index in [4.69, 9.17) is 9.15 Å². The lowest BCUT2D eigenvalue weighted by Gasteiger charge is -2.06. The minimum atomic E-state index is -0.523. The molecule has 0 saturated heterocycles. The molecule has 0 aliphatic carbocycles. The molecule has 4 rings (SSSR count). The zero-order chi connectivity index (χ0) is 18.8. The molecule has 132 valence electrons. The highest BCUT2D eigenvalue weighted by Gasteiger charge is 2.20. The number of carbonyl (C=O) groups excluding carboxylic acids is 1. The van der Waals surface area contributed by atoms with E-state index in [-0.39, 0.29) is 17.2 Å². The summed E-state index contributed by atoms with van der Waals surface area (Å²) in [6.45, 7) is 0. The Bertz CT molecular complexity index is 1120. The third kappa shape index (κ3) is 3.43. The van der Waals surface area contributed by atoms with Gasteiger partial charge in [-0.05, 0) is 42.5 Å². The number of hydrogen-bond acceptors (Lipinski definition) is 4. The summed E-state index contributed by atoms with van der Waals surface area (Å²) in [7, 11) is 0. The van der Waals surface area contributed by atoms with E-state index < -0.39 is 5.97 Å². The van der Waals surface area contributed by atoms with Crippen LogP contribution in [0.15, 0.2) is 83.3 Å². The number of hydrogen-bond donors (Lipinski definition) is 2. The minimum absolute atomic E-state index is 0.0787. The number of aromatic hydroxyl groups is 2. The van der Waals surface area contributed by atoms with E-state index in [1.54, 1.807) is 60.7 Å². The fraction of sp³-hybridized carbons (Fsp3) is 0. The Kier molecular flexibility index (Phi) is 4.18. The molecule has 0 atom stereocenters. The molecule has 1 heterocycles. The number of phenols is 2. The number of fused-ring (bicyclic) bond motifs is 1. The van der Waals surface area contributed by atoms with Crippen molar-refractivity contribution in [3.63, 3.8) is 0 Å². The summed E-state index contributed by atoms with van der Waals surface area (Å²) in [5, 5.41) is 20.0. The number of phenolic OH excluding ortho intramolecular Hbond substituents is 2. The largest absolute Gasteiger partial charge is 0.508 e. The van der Waals surface area contributed by atoms with Crippen LogP contribution < -0.4 is 4.74 Å². The number of carbonyl (C=O) groups is 1. The van der Waals surface area contributed by atoms with Crippen molar-refractivity contribution < 1.29 is 24.2 Å². The second kappa shape index (κ2) is 6.80.